The first kappa shape index (κ1) is 27.4. The molecule has 208 valence electrons. The second kappa shape index (κ2) is 11.5. The second-order valence-corrected chi connectivity index (χ2v) is 9.66. The van der Waals surface area contributed by atoms with Crippen molar-refractivity contribution in [3.05, 3.63) is 96.6 Å². The molecule has 4 N–H and O–H groups in total. The van der Waals surface area contributed by atoms with Gasteiger partial charge in [-0.15, -0.1) is 0 Å². The van der Waals surface area contributed by atoms with Gasteiger partial charge in [-0.1, -0.05) is 30.3 Å². The summed E-state index contributed by atoms with van der Waals surface area (Å²) in [6.45, 7) is 2.80. The van der Waals surface area contributed by atoms with Crippen LogP contribution in [0, 0.1) is 11.7 Å². The van der Waals surface area contributed by atoms with Crippen LogP contribution in [0.25, 0.3) is 27.8 Å². The maximum atomic E-state index is 13.4. The highest BCUT2D eigenvalue weighted by Crippen LogP contribution is 2.35. The second-order valence-electron chi connectivity index (χ2n) is 9.66. The molecule has 1 atom stereocenters. The molecule has 41 heavy (non-hydrogen) atoms. The zero-order chi connectivity index (χ0) is 29.1. The lowest BCUT2D eigenvalue weighted by Crippen LogP contribution is -2.42. The van der Waals surface area contributed by atoms with Gasteiger partial charge >= 0.3 is 0 Å². The van der Waals surface area contributed by atoms with Gasteiger partial charge in [0.1, 0.15) is 17.6 Å². The van der Waals surface area contributed by atoms with E-state index in [-0.39, 0.29) is 18.1 Å². The number of nitrogens with one attached hydrogen (secondary N) is 1. The fraction of sp³-hybridized carbons (Fsp3) is 0.156. The molecule has 0 spiro atoms. The number of methoxy groups -OCH3 is 1. The summed E-state index contributed by atoms with van der Waals surface area (Å²) in [6, 6.07) is 19.7. The number of hydrogen-bond donors (Lipinski definition) is 3. The summed E-state index contributed by atoms with van der Waals surface area (Å²) in [4.78, 5) is 32.8. The third-order valence-electron chi connectivity index (χ3n) is 7.08. The lowest BCUT2D eigenvalue weighted by molar-refractivity contribution is -0.129. The predicted octanol–water partition coefficient (Wildman–Crippen LogP) is 5.35. The van der Waals surface area contributed by atoms with Crippen LogP contribution < -0.4 is 15.8 Å². The summed E-state index contributed by atoms with van der Waals surface area (Å²) in [7, 11) is 1.48. The van der Waals surface area contributed by atoms with Crippen LogP contribution in [-0.4, -0.2) is 46.9 Å². The average molecular weight is 553 g/mol. The first-order chi connectivity index (χ1) is 19.8. The highest BCUT2D eigenvalue weighted by molar-refractivity contribution is 6.29. The number of Topliss-reactive ketones (excluding diaryl/α,β-unsaturated/α-hetero) is 1. The number of phenolic OH excluding ortho intramolecular Hbond substituents is 1. The molecule has 0 fully saturated rings. The van der Waals surface area contributed by atoms with E-state index in [1.807, 2.05) is 36.1 Å². The van der Waals surface area contributed by atoms with Gasteiger partial charge in [-0.3, -0.25) is 9.59 Å². The lowest BCUT2D eigenvalue weighted by Gasteiger charge is -2.30. The maximum Gasteiger partial charge on any atom is 0.237 e. The summed E-state index contributed by atoms with van der Waals surface area (Å²) in [5.41, 5.74) is 10.6. The molecule has 0 saturated carbocycles. The summed E-state index contributed by atoms with van der Waals surface area (Å²) < 4.78 is 18.6. The Bertz CT molecular complexity index is 1640. The number of ketones is 1. The number of nitrogens with zero attached hydrogens (tertiary/aromatic N) is 2. The SMILES string of the molecule is CCN1C=C(c2ccc(F)cc2)C(=O)C(C(=O)Nc2ccc(-c3cc(-c4ccc(OC)c(O)c4)cnc3N)cc2)C1. The minimum absolute atomic E-state index is 0.0160. The van der Waals surface area contributed by atoms with Gasteiger partial charge in [0.15, 0.2) is 17.3 Å². The van der Waals surface area contributed by atoms with Gasteiger partial charge in [0.05, 0.1) is 7.11 Å². The monoisotopic (exact) mass is 552 g/mol. The topological polar surface area (TPSA) is 118 Å². The van der Waals surface area contributed by atoms with Gasteiger partial charge in [-0.25, -0.2) is 9.37 Å². The molecule has 0 radical (unpaired) electrons. The number of carbonyl (C=O) groups excluding carboxylic acids is 2. The first-order valence-electron chi connectivity index (χ1n) is 13.1. The van der Waals surface area contributed by atoms with Gasteiger partial charge in [0.2, 0.25) is 5.91 Å². The average Bonchev–Trinajstić information content (AvgIpc) is 2.98. The highest BCUT2D eigenvalue weighted by Gasteiger charge is 2.34. The van der Waals surface area contributed by atoms with Crippen LogP contribution in [0.3, 0.4) is 0 Å². The molecule has 0 saturated heterocycles. The number of hydrogen-bond acceptors (Lipinski definition) is 7. The Morgan fingerprint density at radius 1 is 1.05 bits per heavy atom. The van der Waals surface area contributed by atoms with Crippen LogP contribution >= 0.6 is 0 Å². The zero-order valence-corrected chi connectivity index (χ0v) is 22.6. The first-order valence-corrected chi connectivity index (χ1v) is 13.1. The van der Waals surface area contributed by atoms with Crippen molar-refractivity contribution in [2.75, 3.05) is 31.2 Å². The Kier molecular flexibility index (Phi) is 7.69. The number of pyridine rings is 1. The standard InChI is InChI=1S/C32H29FN4O4/c1-3-37-17-26(20-4-9-23(33)10-5-20)30(39)27(18-37)32(40)36-24-11-6-19(7-12-24)25-14-22(16-35-31(25)34)21-8-13-29(41-2)28(38)15-21/h4-17,27,38H,3,18H2,1-2H3,(H2,34,35)(H,36,40). The van der Waals surface area contributed by atoms with Crippen molar-refractivity contribution in [2.45, 2.75) is 6.92 Å². The Balaban J connectivity index is 1.34. The van der Waals surface area contributed by atoms with Crippen LogP contribution in [0.4, 0.5) is 15.9 Å². The van der Waals surface area contributed by atoms with Crippen LogP contribution in [0.1, 0.15) is 12.5 Å². The van der Waals surface area contributed by atoms with Gasteiger partial charge in [-0.2, -0.15) is 0 Å². The van der Waals surface area contributed by atoms with Gasteiger partial charge in [0, 0.05) is 47.9 Å². The van der Waals surface area contributed by atoms with E-state index in [0.29, 0.717) is 40.5 Å². The maximum absolute atomic E-state index is 13.4. The molecule has 5 rings (SSSR count). The molecular weight excluding hydrogens is 523 g/mol. The molecule has 1 aliphatic heterocycles. The fourth-order valence-electron chi connectivity index (χ4n) is 4.77. The Morgan fingerprint density at radius 2 is 1.73 bits per heavy atom. The number of phenols is 1. The molecule has 4 aromatic rings. The van der Waals surface area contributed by atoms with Crippen LogP contribution in [-0.2, 0) is 9.59 Å². The van der Waals surface area contributed by atoms with Crippen LogP contribution in [0.15, 0.2) is 85.2 Å². The number of aromatic hydroxyl groups is 1. The van der Waals surface area contributed by atoms with E-state index in [9.17, 15) is 19.1 Å². The van der Waals surface area contributed by atoms with Crippen molar-refractivity contribution in [1.82, 2.24) is 9.88 Å². The molecular formula is C32H29FN4O4. The zero-order valence-electron chi connectivity index (χ0n) is 22.6. The van der Waals surface area contributed by atoms with Crippen molar-refractivity contribution >= 4 is 28.8 Å². The predicted molar refractivity (Wildman–Crippen MR) is 156 cm³/mol. The lowest BCUT2D eigenvalue weighted by atomic mass is 9.89. The third-order valence-corrected chi connectivity index (χ3v) is 7.08. The molecule has 0 aliphatic carbocycles. The van der Waals surface area contributed by atoms with E-state index in [1.165, 1.54) is 19.2 Å². The molecule has 1 aliphatic rings. The van der Waals surface area contributed by atoms with Crippen LogP contribution in [0.5, 0.6) is 11.5 Å². The van der Waals surface area contributed by atoms with Gasteiger partial charge < -0.3 is 25.8 Å². The molecule has 1 aromatic heterocycles. The number of aromatic nitrogens is 1. The molecule has 1 unspecified atom stereocenters. The number of carbonyl (C=O) groups is 2. The van der Waals surface area contributed by atoms with E-state index in [0.717, 1.165) is 16.7 Å². The quantitative estimate of drug-likeness (QED) is 0.265. The van der Waals surface area contributed by atoms with Crippen molar-refractivity contribution in [3.63, 3.8) is 0 Å². The van der Waals surface area contributed by atoms with E-state index in [2.05, 4.69) is 10.3 Å². The Hall–Kier alpha value is -5.18. The number of halogens is 1. The molecule has 1 amide bonds. The number of benzene rings is 3. The minimum Gasteiger partial charge on any atom is -0.504 e. The Labute approximate surface area is 236 Å². The van der Waals surface area contributed by atoms with E-state index in [4.69, 9.17) is 10.5 Å². The third kappa shape index (κ3) is 5.74. The smallest absolute Gasteiger partial charge is 0.237 e. The molecule has 9 heteroatoms. The largest absolute Gasteiger partial charge is 0.504 e. The summed E-state index contributed by atoms with van der Waals surface area (Å²) in [6.07, 6.45) is 3.36. The number of anilines is 2. The molecule has 8 nitrogen and oxygen atoms in total. The van der Waals surface area contributed by atoms with Gasteiger partial charge in [0.25, 0.3) is 0 Å². The molecule has 2 heterocycles. The summed E-state index contributed by atoms with van der Waals surface area (Å²) in [5.74, 6) is -1.33. The number of rotatable bonds is 7. The van der Waals surface area contributed by atoms with Crippen LogP contribution in [0.2, 0.25) is 0 Å². The summed E-state index contributed by atoms with van der Waals surface area (Å²) >= 11 is 0. The number of amides is 1. The number of ether oxygens (including phenoxy) is 1. The highest BCUT2D eigenvalue weighted by atomic mass is 19.1. The van der Waals surface area contributed by atoms with Crippen molar-refractivity contribution in [1.29, 1.82) is 0 Å². The fourth-order valence-corrected chi connectivity index (χ4v) is 4.77. The van der Waals surface area contributed by atoms with E-state index < -0.39 is 17.6 Å². The van der Waals surface area contributed by atoms with E-state index in [1.54, 1.807) is 48.8 Å². The van der Waals surface area contributed by atoms with Crippen molar-refractivity contribution < 1.29 is 23.8 Å². The van der Waals surface area contributed by atoms with Crippen molar-refractivity contribution in [2.24, 2.45) is 5.92 Å². The number of nitrogens with two attached hydrogens (primary N) is 1. The van der Waals surface area contributed by atoms with Gasteiger partial charge in [-0.05, 0) is 66.1 Å². The molecule has 3 aromatic carbocycles. The van der Waals surface area contributed by atoms with E-state index >= 15 is 0 Å². The van der Waals surface area contributed by atoms with Crippen molar-refractivity contribution in [3.8, 4) is 33.8 Å². The minimum atomic E-state index is -0.919. The Morgan fingerprint density at radius 3 is 2.39 bits per heavy atom. The number of allylic oxidation sites excluding steroid dienone is 1. The molecule has 0 bridgehead atoms. The number of nitrogen functional groups attached to an aromatic ring is 1. The summed E-state index contributed by atoms with van der Waals surface area (Å²) in [5, 5.41) is 13.0. The normalized spacial score (nSPS) is 14.9.